The van der Waals surface area contributed by atoms with Gasteiger partial charge in [-0.15, -0.1) is 22.7 Å². The van der Waals surface area contributed by atoms with E-state index in [-0.39, 0.29) is 12.5 Å². The van der Waals surface area contributed by atoms with Gasteiger partial charge < -0.3 is 10.1 Å². The summed E-state index contributed by atoms with van der Waals surface area (Å²) in [5.74, 6) is -0.722. The predicted molar refractivity (Wildman–Crippen MR) is 113 cm³/mol. The summed E-state index contributed by atoms with van der Waals surface area (Å²) < 4.78 is 31.8. The molecule has 3 heterocycles. The number of sulfonamides is 1. The topological polar surface area (TPSA) is 96.0 Å². The van der Waals surface area contributed by atoms with Crippen molar-refractivity contribution in [3.8, 4) is 0 Å². The minimum atomic E-state index is -3.46. The number of methoxy groups -OCH3 is 1. The zero-order valence-electron chi connectivity index (χ0n) is 16.4. The van der Waals surface area contributed by atoms with E-state index in [1.54, 1.807) is 17.5 Å². The number of hydrogen-bond acceptors (Lipinski definition) is 8. The zero-order chi connectivity index (χ0) is 21.2. The number of anilines is 1. The molecule has 0 saturated carbocycles. The molecule has 3 rings (SSSR count). The Labute approximate surface area is 178 Å². The van der Waals surface area contributed by atoms with Crippen LogP contribution in [0.15, 0.2) is 21.7 Å². The molecule has 1 N–H and O–H groups in total. The molecule has 1 aliphatic rings. The fourth-order valence-corrected chi connectivity index (χ4v) is 6.73. The molecule has 29 heavy (non-hydrogen) atoms. The quantitative estimate of drug-likeness (QED) is 0.668. The highest BCUT2D eigenvalue weighted by Gasteiger charge is 2.30. The number of hydrogen-bond donors (Lipinski definition) is 1. The number of thiophene rings is 2. The monoisotopic (exact) mass is 457 g/mol. The average Bonchev–Trinajstić information content (AvgIpc) is 3.31. The maximum Gasteiger partial charge on any atom is 0.341 e. The van der Waals surface area contributed by atoms with Gasteiger partial charge >= 0.3 is 5.97 Å². The molecule has 0 bridgehead atoms. The Balaban J connectivity index is 1.58. The third-order valence-electron chi connectivity index (χ3n) is 4.82. The second-order valence-corrected chi connectivity index (χ2v) is 11.0. The number of ether oxygens (including phenoxy) is 1. The van der Waals surface area contributed by atoms with Crippen molar-refractivity contribution in [2.45, 2.75) is 18.1 Å². The first-order valence-corrected chi connectivity index (χ1v) is 12.1. The molecular formula is C18H23N3O5S3. The van der Waals surface area contributed by atoms with Gasteiger partial charge in [-0.25, -0.2) is 13.2 Å². The number of esters is 1. The molecule has 0 unspecified atom stereocenters. The predicted octanol–water partition coefficient (Wildman–Crippen LogP) is 2.16. The van der Waals surface area contributed by atoms with Crippen LogP contribution in [-0.4, -0.2) is 69.3 Å². The summed E-state index contributed by atoms with van der Waals surface area (Å²) in [6, 6.07) is 3.32. The first kappa shape index (κ1) is 21.9. The molecule has 2 aromatic heterocycles. The Hall–Kier alpha value is -1.79. The van der Waals surface area contributed by atoms with Gasteiger partial charge in [0.2, 0.25) is 5.91 Å². The molecule has 1 fully saturated rings. The number of nitrogens with one attached hydrogen (secondary N) is 1. The molecule has 0 spiro atoms. The summed E-state index contributed by atoms with van der Waals surface area (Å²) in [5.41, 5.74) is 1.18. The molecule has 1 aliphatic heterocycles. The van der Waals surface area contributed by atoms with Crippen molar-refractivity contribution in [3.05, 3.63) is 33.5 Å². The summed E-state index contributed by atoms with van der Waals surface area (Å²) in [6.45, 7) is 5.42. The Kier molecular flexibility index (Phi) is 6.74. The largest absolute Gasteiger partial charge is 0.465 e. The van der Waals surface area contributed by atoms with Crippen LogP contribution in [0, 0.1) is 13.8 Å². The van der Waals surface area contributed by atoms with Crippen molar-refractivity contribution in [2.24, 2.45) is 0 Å². The Morgan fingerprint density at radius 3 is 2.48 bits per heavy atom. The Morgan fingerprint density at radius 1 is 1.21 bits per heavy atom. The smallest absolute Gasteiger partial charge is 0.341 e. The number of rotatable bonds is 6. The van der Waals surface area contributed by atoms with Crippen LogP contribution in [0.3, 0.4) is 0 Å². The lowest BCUT2D eigenvalue weighted by Gasteiger charge is -2.33. The van der Waals surface area contributed by atoms with Crippen molar-refractivity contribution in [3.63, 3.8) is 0 Å². The van der Waals surface area contributed by atoms with Gasteiger partial charge in [-0.3, -0.25) is 9.69 Å². The fraction of sp³-hybridized carbons (Fsp3) is 0.444. The number of carbonyl (C=O) groups is 2. The SMILES string of the molecule is COC(=O)c1c(NC(=O)CN2CCN(S(=O)(=O)c3cccs3)CC2)sc(C)c1C. The molecule has 0 atom stereocenters. The van der Waals surface area contributed by atoms with Gasteiger partial charge in [-0.1, -0.05) is 6.07 Å². The maximum absolute atomic E-state index is 12.6. The number of piperazine rings is 1. The standard InChI is InChI=1S/C18H23N3O5S3/c1-12-13(2)28-17(16(12)18(23)26-3)19-14(22)11-20-6-8-21(9-7-20)29(24,25)15-5-4-10-27-15/h4-5,10H,6-9,11H2,1-3H3,(H,19,22). The van der Waals surface area contributed by atoms with Crippen LogP contribution in [0.1, 0.15) is 20.8 Å². The van der Waals surface area contributed by atoms with E-state index in [1.807, 2.05) is 18.7 Å². The number of amides is 1. The van der Waals surface area contributed by atoms with Crippen molar-refractivity contribution in [2.75, 3.05) is 45.2 Å². The highest BCUT2D eigenvalue weighted by molar-refractivity contribution is 7.91. The van der Waals surface area contributed by atoms with Gasteiger partial charge in [0.25, 0.3) is 10.0 Å². The minimum Gasteiger partial charge on any atom is -0.465 e. The van der Waals surface area contributed by atoms with E-state index >= 15 is 0 Å². The fourth-order valence-electron chi connectivity index (χ4n) is 3.10. The summed E-state index contributed by atoms with van der Waals surface area (Å²) >= 11 is 2.54. The van der Waals surface area contributed by atoms with E-state index in [0.717, 1.165) is 10.4 Å². The van der Waals surface area contributed by atoms with E-state index in [2.05, 4.69) is 5.32 Å². The Morgan fingerprint density at radius 2 is 1.90 bits per heavy atom. The van der Waals surface area contributed by atoms with Gasteiger partial charge in [0.1, 0.15) is 9.21 Å². The van der Waals surface area contributed by atoms with Crippen LogP contribution in [0.5, 0.6) is 0 Å². The van der Waals surface area contributed by atoms with Crippen molar-refractivity contribution < 1.29 is 22.7 Å². The lowest BCUT2D eigenvalue weighted by Crippen LogP contribution is -2.50. The molecule has 11 heteroatoms. The molecule has 0 aliphatic carbocycles. The normalized spacial score (nSPS) is 16.0. The Bertz CT molecular complexity index is 990. The van der Waals surface area contributed by atoms with E-state index in [0.29, 0.717) is 41.0 Å². The van der Waals surface area contributed by atoms with E-state index < -0.39 is 16.0 Å². The van der Waals surface area contributed by atoms with E-state index in [9.17, 15) is 18.0 Å². The van der Waals surface area contributed by atoms with Crippen molar-refractivity contribution >= 4 is 49.6 Å². The molecule has 0 aromatic carbocycles. The third kappa shape index (κ3) is 4.69. The maximum atomic E-state index is 12.6. The molecule has 158 valence electrons. The van der Waals surface area contributed by atoms with E-state index in [1.165, 1.54) is 34.1 Å². The summed E-state index contributed by atoms with van der Waals surface area (Å²) in [6.07, 6.45) is 0. The average molecular weight is 458 g/mol. The second-order valence-electron chi connectivity index (χ2n) is 6.64. The van der Waals surface area contributed by atoms with Crippen molar-refractivity contribution in [1.29, 1.82) is 0 Å². The highest BCUT2D eigenvalue weighted by atomic mass is 32.2. The number of carbonyl (C=O) groups excluding carboxylic acids is 2. The highest BCUT2D eigenvalue weighted by Crippen LogP contribution is 2.33. The molecular weight excluding hydrogens is 434 g/mol. The number of aryl methyl sites for hydroxylation is 1. The van der Waals surface area contributed by atoms with E-state index in [4.69, 9.17) is 4.74 Å². The van der Waals surface area contributed by atoms with Crippen LogP contribution in [0.2, 0.25) is 0 Å². The first-order chi connectivity index (χ1) is 13.7. The lowest BCUT2D eigenvalue weighted by molar-refractivity contribution is -0.117. The van der Waals surface area contributed by atoms with Gasteiger partial charge in [-0.2, -0.15) is 4.31 Å². The third-order valence-corrected chi connectivity index (χ3v) is 9.21. The van der Waals surface area contributed by atoms with Gasteiger partial charge in [0.05, 0.1) is 19.2 Å². The molecule has 1 amide bonds. The molecule has 8 nitrogen and oxygen atoms in total. The van der Waals surface area contributed by atoms with Gasteiger partial charge in [-0.05, 0) is 30.9 Å². The first-order valence-electron chi connectivity index (χ1n) is 8.98. The minimum absolute atomic E-state index is 0.128. The summed E-state index contributed by atoms with van der Waals surface area (Å²) in [7, 11) is -2.15. The summed E-state index contributed by atoms with van der Waals surface area (Å²) in [4.78, 5) is 27.4. The van der Waals surface area contributed by atoms with Crippen LogP contribution < -0.4 is 5.32 Å². The van der Waals surface area contributed by atoms with Crippen LogP contribution in [-0.2, 0) is 19.6 Å². The van der Waals surface area contributed by atoms with Gasteiger partial charge in [0, 0.05) is 31.1 Å². The van der Waals surface area contributed by atoms with Gasteiger partial charge in [0.15, 0.2) is 0 Å². The number of nitrogens with zero attached hydrogens (tertiary/aromatic N) is 2. The molecule has 2 aromatic rings. The van der Waals surface area contributed by atoms with Crippen LogP contribution in [0.25, 0.3) is 0 Å². The van der Waals surface area contributed by atoms with Crippen LogP contribution in [0.4, 0.5) is 5.00 Å². The zero-order valence-corrected chi connectivity index (χ0v) is 18.9. The van der Waals surface area contributed by atoms with Crippen LogP contribution >= 0.6 is 22.7 Å². The second kappa shape index (κ2) is 8.92. The van der Waals surface area contributed by atoms with Crippen molar-refractivity contribution in [1.82, 2.24) is 9.21 Å². The summed E-state index contributed by atoms with van der Waals surface area (Å²) in [5, 5.41) is 5.03. The lowest BCUT2D eigenvalue weighted by atomic mass is 10.1. The molecule has 1 saturated heterocycles. The molecule has 0 radical (unpaired) electrons.